The van der Waals surface area contributed by atoms with Gasteiger partial charge in [0.15, 0.2) is 0 Å². The molecule has 1 aliphatic carbocycles. The van der Waals surface area contributed by atoms with E-state index in [4.69, 9.17) is 16.3 Å². The molecule has 5 aromatic rings. The minimum absolute atomic E-state index is 0.00691. The number of aromatic amines is 1. The van der Waals surface area contributed by atoms with Crippen LogP contribution in [0.25, 0.3) is 16.6 Å². The molecule has 19 heteroatoms. The zero-order valence-corrected chi connectivity index (χ0v) is 37.5. The van der Waals surface area contributed by atoms with Crippen molar-refractivity contribution in [3.63, 3.8) is 0 Å². The molecule has 0 unspecified atom stereocenters. The number of carbonyl (C=O) groups excluding carboxylic acids is 1. The van der Waals surface area contributed by atoms with Crippen molar-refractivity contribution in [3.05, 3.63) is 117 Å². The van der Waals surface area contributed by atoms with Gasteiger partial charge in [-0.05, 0) is 97.2 Å². The van der Waals surface area contributed by atoms with Crippen LogP contribution >= 0.6 is 11.6 Å². The predicted molar refractivity (Wildman–Crippen MR) is 244 cm³/mol. The van der Waals surface area contributed by atoms with Crippen LogP contribution < -0.4 is 19.7 Å². The van der Waals surface area contributed by atoms with Crippen molar-refractivity contribution in [1.82, 2.24) is 24.5 Å². The molecule has 0 spiro atoms. The van der Waals surface area contributed by atoms with E-state index in [1.165, 1.54) is 39.9 Å². The second-order valence-electron chi connectivity index (χ2n) is 17.7. The number of piperidine rings is 1. The van der Waals surface area contributed by atoms with Crippen molar-refractivity contribution in [2.45, 2.75) is 63.1 Å². The molecule has 65 heavy (non-hydrogen) atoms. The van der Waals surface area contributed by atoms with E-state index in [2.05, 4.69) is 55.8 Å². The van der Waals surface area contributed by atoms with Crippen molar-refractivity contribution >= 4 is 61.2 Å². The third kappa shape index (κ3) is 11.2. The lowest BCUT2D eigenvalue weighted by Gasteiger charge is -2.39. The van der Waals surface area contributed by atoms with Crippen LogP contribution in [0.1, 0.15) is 61.9 Å². The van der Waals surface area contributed by atoms with Gasteiger partial charge in [-0.15, -0.1) is 0 Å². The van der Waals surface area contributed by atoms with Crippen molar-refractivity contribution < 1.29 is 36.0 Å². The van der Waals surface area contributed by atoms with Crippen LogP contribution in [0.3, 0.4) is 0 Å². The van der Waals surface area contributed by atoms with E-state index in [1.807, 2.05) is 18.2 Å². The van der Waals surface area contributed by atoms with Gasteiger partial charge in [0.2, 0.25) is 0 Å². The summed E-state index contributed by atoms with van der Waals surface area (Å²) >= 11 is 6.23. The zero-order valence-electron chi connectivity index (χ0n) is 36.0. The summed E-state index contributed by atoms with van der Waals surface area (Å²) in [5.41, 5.74) is 4.97. The number of benzene rings is 3. The molecule has 0 saturated carbocycles. The number of hydrogen-bond donors (Lipinski definition) is 3. The topological polar surface area (TPSA) is 166 Å². The van der Waals surface area contributed by atoms with Crippen LogP contribution in [0, 0.1) is 15.5 Å². The number of rotatable bonds is 13. The number of anilines is 2. The third-order valence-corrected chi connectivity index (χ3v) is 14.0. The van der Waals surface area contributed by atoms with Crippen molar-refractivity contribution in [2.24, 2.45) is 5.41 Å². The molecule has 3 aromatic carbocycles. The fraction of sp³-hybridized carbons (Fsp3) is 0.391. The summed E-state index contributed by atoms with van der Waals surface area (Å²) in [7, 11) is -4.67. The Kier molecular flexibility index (Phi) is 13.2. The van der Waals surface area contributed by atoms with Gasteiger partial charge in [-0.25, -0.2) is 18.1 Å². The number of allylic oxidation sites excluding steroid dienone is 1. The molecule has 344 valence electrons. The fourth-order valence-electron chi connectivity index (χ4n) is 8.88. The number of likely N-dealkylation sites (tertiary alicyclic amines) is 1. The summed E-state index contributed by atoms with van der Waals surface area (Å²) in [5, 5.41) is 16.6. The normalized spacial score (nSPS) is 17.9. The lowest BCUT2D eigenvalue weighted by molar-refractivity contribution is -0.384. The molecule has 3 aliphatic rings. The van der Waals surface area contributed by atoms with Crippen LogP contribution in [0.2, 0.25) is 5.02 Å². The first-order chi connectivity index (χ1) is 30.9. The van der Waals surface area contributed by atoms with Crippen LogP contribution in [0.5, 0.6) is 11.5 Å². The van der Waals surface area contributed by atoms with Gasteiger partial charge in [0.1, 0.15) is 22.8 Å². The van der Waals surface area contributed by atoms with E-state index in [0.29, 0.717) is 42.4 Å². The molecule has 2 saturated heterocycles. The van der Waals surface area contributed by atoms with E-state index < -0.39 is 44.2 Å². The van der Waals surface area contributed by atoms with Crippen LogP contribution in [0.4, 0.5) is 30.2 Å². The minimum atomic E-state index is -4.67. The number of fused-ring (bicyclic) bond motifs is 1. The Hall–Kier alpha value is -5.69. The number of sulfonamides is 1. The molecule has 3 N–H and O–H groups in total. The largest absolute Gasteiger partial charge is 0.455 e. The predicted octanol–water partition coefficient (Wildman–Crippen LogP) is 9.26. The zero-order chi connectivity index (χ0) is 46.1. The highest BCUT2D eigenvalue weighted by atomic mass is 35.5. The fourth-order valence-corrected chi connectivity index (χ4v) is 9.99. The Balaban J connectivity index is 0.987. The van der Waals surface area contributed by atoms with Crippen LogP contribution in [-0.2, 0) is 10.0 Å². The Morgan fingerprint density at radius 1 is 0.985 bits per heavy atom. The maximum atomic E-state index is 13.9. The van der Waals surface area contributed by atoms with Crippen LogP contribution in [-0.4, -0.2) is 104 Å². The highest BCUT2D eigenvalue weighted by Crippen LogP contribution is 2.43. The smallest absolute Gasteiger partial charge is 0.401 e. The quantitative estimate of drug-likeness (QED) is 0.0761. The number of nitrogens with one attached hydrogen (secondary N) is 3. The highest BCUT2D eigenvalue weighted by molar-refractivity contribution is 7.90. The number of alkyl halides is 3. The number of carbonyl (C=O) groups is 1. The number of nitro benzene ring substituents is 1. The summed E-state index contributed by atoms with van der Waals surface area (Å²) in [4.78, 5) is 38.1. The first-order valence-electron chi connectivity index (χ1n) is 21.5. The van der Waals surface area contributed by atoms with Gasteiger partial charge in [0.05, 0.1) is 28.1 Å². The molecule has 0 atom stereocenters. The molecule has 8 rings (SSSR count). The number of pyridine rings is 1. The molecule has 0 bridgehead atoms. The SMILES string of the molecule is CC1(C)CCC(CN2CCN(c3ccc(C(=O)NS(=O)(=O)c4ccc(NC5CCN(CC(F)(F)F)CC5)c([N+](=O)[O-])c4)c(Oc4cnc5[nH]ccc5c4)c3)CC2)=C(c2ccc(Cl)cc2)C1. The molecule has 4 heterocycles. The number of amides is 1. The lowest BCUT2D eigenvalue weighted by Crippen LogP contribution is -2.47. The number of piperazine rings is 1. The molecule has 2 aromatic heterocycles. The van der Waals surface area contributed by atoms with E-state index in [-0.39, 0.29) is 41.5 Å². The Morgan fingerprint density at radius 2 is 1.72 bits per heavy atom. The maximum Gasteiger partial charge on any atom is 0.401 e. The average molecular weight is 935 g/mol. The highest BCUT2D eigenvalue weighted by Gasteiger charge is 2.34. The number of hydrogen-bond acceptors (Lipinski definition) is 11. The molecule has 2 fully saturated rings. The Morgan fingerprint density at radius 3 is 2.43 bits per heavy atom. The van der Waals surface area contributed by atoms with Crippen molar-refractivity contribution in [2.75, 3.05) is 62.6 Å². The molecule has 14 nitrogen and oxygen atoms in total. The van der Waals surface area contributed by atoms with Crippen molar-refractivity contribution in [3.8, 4) is 11.5 Å². The first kappa shape index (κ1) is 45.9. The van der Waals surface area contributed by atoms with Gasteiger partial charge >= 0.3 is 6.18 Å². The van der Waals surface area contributed by atoms with Crippen molar-refractivity contribution in [1.29, 1.82) is 0 Å². The average Bonchev–Trinajstić information content (AvgIpc) is 3.73. The number of H-pyrrole nitrogens is 1. The summed E-state index contributed by atoms with van der Waals surface area (Å²) in [6.45, 7) is 7.65. The molecular weight excluding hydrogens is 885 g/mol. The standard InChI is InChI=1S/C46H50ClF3N8O6S/c1-45(2)15-11-32(39(26-45)30-3-5-33(47)6-4-30)28-55-19-21-57(22-20-55)35-7-9-38(42(24-35)64-36-23-31-12-16-51-43(31)52-27-36)44(59)54-65(62,63)37-8-10-40(41(25-37)58(60)61)53-34-13-17-56(18-14-34)29-46(48,49)50/h3-10,12,16,23-25,27,34,53H,11,13-15,17-22,26,28-29H2,1-2H3,(H,51,52)(H,54,59). The van der Waals surface area contributed by atoms with Gasteiger partial charge in [-0.3, -0.25) is 24.7 Å². The summed E-state index contributed by atoms with van der Waals surface area (Å²) < 4.78 is 74.4. The van der Waals surface area contributed by atoms with Gasteiger partial charge < -0.3 is 19.9 Å². The van der Waals surface area contributed by atoms with E-state index in [9.17, 15) is 36.5 Å². The summed E-state index contributed by atoms with van der Waals surface area (Å²) in [6, 6.07) is 19.4. The second kappa shape index (κ2) is 18.7. The lowest BCUT2D eigenvalue weighted by atomic mass is 9.72. The van der Waals surface area contributed by atoms with Gasteiger partial charge in [-0.2, -0.15) is 13.2 Å². The van der Waals surface area contributed by atoms with Crippen LogP contribution in [0.15, 0.2) is 95.7 Å². The summed E-state index contributed by atoms with van der Waals surface area (Å²) in [6.07, 6.45) is 2.59. The number of nitrogens with zero attached hydrogens (tertiary/aromatic N) is 5. The Labute approximate surface area is 380 Å². The van der Waals surface area contributed by atoms with E-state index >= 15 is 0 Å². The van der Waals surface area contributed by atoms with Gasteiger partial charge in [-0.1, -0.05) is 43.2 Å². The van der Waals surface area contributed by atoms with E-state index in [0.717, 1.165) is 62.1 Å². The molecule has 2 aliphatic heterocycles. The number of aromatic nitrogens is 2. The monoisotopic (exact) mass is 934 g/mol. The first-order valence-corrected chi connectivity index (χ1v) is 23.3. The minimum Gasteiger partial charge on any atom is -0.455 e. The van der Waals surface area contributed by atoms with E-state index in [1.54, 1.807) is 24.4 Å². The number of halogens is 4. The van der Waals surface area contributed by atoms with Gasteiger partial charge in [0.25, 0.3) is 21.6 Å². The molecule has 1 amide bonds. The number of nitro groups is 1. The number of ether oxygens (including phenoxy) is 1. The molecule has 0 radical (unpaired) electrons. The Bertz CT molecular complexity index is 2710. The molecular formula is C46H50ClF3N8O6S. The second-order valence-corrected chi connectivity index (χ2v) is 19.9. The third-order valence-electron chi connectivity index (χ3n) is 12.4. The summed E-state index contributed by atoms with van der Waals surface area (Å²) in [5.74, 6) is -0.646. The maximum absolute atomic E-state index is 13.9. The van der Waals surface area contributed by atoms with Gasteiger partial charge in [0, 0.05) is 86.3 Å².